The van der Waals surface area contributed by atoms with Crippen LogP contribution in [-0.2, 0) is 6.54 Å². The lowest BCUT2D eigenvalue weighted by Gasteiger charge is -2.35. The van der Waals surface area contributed by atoms with Crippen LogP contribution < -0.4 is 11.3 Å². The molecule has 1 heterocycles. The number of rotatable bonds is 5. The summed E-state index contributed by atoms with van der Waals surface area (Å²) in [7, 11) is 4.24. The molecule has 0 radical (unpaired) electrons. The van der Waals surface area contributed by atoms with E-state index in [1.54, 1.807) is 12.1 Å². The van der Waals surface area contributed by atoms with Gasteiger partial charge in [-0.25, -0.2) is 0 Å². The number of hydrogen-bond acceptors (Lipinski definition) is 6. The summed E-state index contributed by atoms with van der Waals surface area (Å²) in [5.74, 6) is 5.37. The molecule has 1 aliphatic heterocycles. The van der Waals surface area contributed by atoms with Crippen LogP contribution in [0.15, 0.2) is 18.2 Å². The number of likely N-dealkylation sites (tertiary alicyclic amines) is 1. The fourth-order valence-electron chi connectivity index (χ4n) is 2.87. The number of hydrogen-bond donors (Lipinski definition) is 2. The van der Waals surface area contributed by atoms with Crippen molar-refractivity contribution in [2.75, 3.05) is 32.6 Å². The van der Waals surface area contributed by atoms with Gasteiger partial charge >= 0.3 is 0 Å². The molecule has 1 aromatic rings. The van der Waals surface area contributed by atoms with Crippen molar-refractivity contribution in [3.8, 4) is 0 Å². The number of nitro groups is 1. The summed E-state index contributed by atoms with van der Waals surface area (Å²) in [5.41, 5.74) is 3.78. The minimum Gasteiger partial charge on any atom is -0.318 e. The average molecular weight is 293 g/mol. The van der Waals surface area contributed by atoms with E-state index in [0.29, 0.717) is 11.7 Å². The minimum atomic E-state index is -0.432. The largest absolute Gasteiger partial charge is 0.318 e. The van der Waals surface area contributed by atoms with Crippen molar-refractivity contribution in [1.29, 1.82) is 0 Å². The van der Waals surface area contributed by atoms with Gasteiger partial charge < -0.3 is 10.3 Å². The minimum absolute atomic E-state index is 0.00121. The van der Waals surface area contributed by atoms with Crippen LogP contribution in [0, 0.1) is 10.1 Å². The predicted molar refractivity (Wildman–Crippen MR) is 82.9 cm³/mol. The smallest absolute Gasteiger partial charge is 0.293 e. The first kappa shape index (κ1) is 15.7. The van der Waals surface area contributed by atoms with Gasteiger partial charge in [0.05, 0.1) is 4.92 Å². The molecule has 1 fully saturated rings. The van der Waals surface area contributed by atoms with Crippen LogP contribution in [0.25, 0.3) is 0 Å². The quantitative estimate of drug-likeness (QED) is 0.485. The Morgan fingerprint density at radius 3 is 2.95 bits per heavy atom. The molecular formula is C14H23N5O2. The van der Waals surface area contributed by atoms with Crippen LogP contribution >= 0.6 is 0 Å². The third-order valence-corrected chi connectivity index (χ3v) is 4.07. The molecule has 3 N–H and O–H groups in total. The van der Waals surface area contributed by atoms with Crippen molar-refractivity contribution in [3.05, 3.63) is 33.9 Å². The van der Waals surface area contributed by atoms with Crippen molar-refractivity contribution in [2.45, 2.75) is 25.4 Å². The number of nitrogens with zero attached hydrogens (tertiary/aromatic N) is 3. The number of hydrazine groups is 1. The zero-order chi connectivity index (χ0) is 15.4. The lowest BCUT2D eigenvalue weighted by atomic mass is 10.0. The van der Waals surface area contributed by atoms with Crippen molar-refractivity contribution in [2.24, 2.45) is 5.84 Å². The Morgan fingerprint density at radius 1 is 1.57 bits per heavy atom. The first-order valence-electron chi connectivity index (χ1n) is 7.14. The van der Waals surface area contributed by atoms with Crippen LogP contribution in [0.3, 0.4) is 0 Å². The molecule has 0 bridgehead atoms. The Bertz CT molecular complexity index is 508. The van der Waals surface area contributed by atoms with Crippen molar-refractivity contribution < 1.29 is 4.92 Å². The van der Waals surface area contributed by atoms with E-state index in [1.807, 2.05) is 0 Å². The first-order valence-corrected chi connectivity index (χ1v) is 7.14. The lowest BCUT2D eigenvalue weighted by Crippen LogP contribution is -2.44. The lowest BCUT2D eigenvalue weighted by molar-refractivity contribution is -0.384. The molecule has 1 unspecified atom stereocenters. The molecule has 116 valence electrons. The van der Waals surface area contributed by atoms with E-state index in [9.17, 15) is 10.1 Å². The third-order valence-electron chi connectivity index (χ3n) is 4.07. The topological polar surface area (TPSA) is 87.7 Å². The number of nitrogen functional groups attached to an aromatic ring is 1. The van der Waals surface area contributed by atoms with Gasteiger partial charge in [0.2, 0.25) is 0 Å². The summed E-state index contributed by atoms with van der Waals surface area (Å²) in [6, 6.07) is 5.57. The molecule has 0 amide bonds. The zero-order valence-corrected chi connectivity index (χ0v) is 12.6. The van der Waals surface area contributed by atoms with Gasteiger partial charge in [-0.1, -0.05) is 6.07 Å². The number of nitro benzene ring substituents is 1. The van der Waals surface area contributed by atoms with Gasteiger partial charge in [0, 0.05) is 25.2 Å². The second-order valence-electron chi connectivity index (χ2n) is 5.73. The number of likely N-dealkylation sites (N-methyl/N-ethyl adjacent to an activating group) is 2. The fourth-order valence-corrected chi connectivity index (χ4v) is 2.87. The molecule has 21 heavy (non-hydrogen) atoms. The number of benzene rings is 1. The second-order valence-corrected chi connectivity index (χ2v) is 5.73. The molecule has 1 aliphatic rings. The van der Waals surface area contributed by atoms with Gasteiger partial charge in [-0.3, -0.25) is 20.9 Å². The second kappa shape index (κ2) is 6.84. The number of nitrogens with two attached hydrogens (primary N) is 1. The Kier molecular flexibility index (Phi) is 5.11. The third kappa shape index (κ3) is 3.90. The van der Waals surface area contributed by atoms with E-state index in [1.165, 1.54) is 18.9 Å². The van der Waals surface area contributed by atoms with Crippen molar-refractivity contribution in [3.63, 3.8) is 0 Å². The highest BCUT2D eigenvalue weighted by Crippen LogP contribution is 2.25. The molecule has 0 saturated carbocycles. The molecule has 1 saturated heterocycles. The molecule has 1 atom stereocenters. The van der Waals surface area contributed by atoms with E-state index < -0.39 is 4.92 Å². The molecular weight excluding hydrogens is 270 g/mol. The first-order chi connectivity index (χ1) is 10.0. The van der Waals surface area contributed by atoms with Crippen molar-refractivity contribution in [1.82, 2.24) is 9.80 Å². The summed E-state index contributed by atoms with van der Waals surface area (Å²) in [4.78, 5) is 15.1. The zero-order valence-electron chi connectivity index (χ0n) is 12.6. The number of piperidine rings is 1. The number of anilines is 1. The highest BCUT2D eigenvalue weighted by Gasteiger charge is 2.21. The van der Waals surface area contributed by atoms with Gasteiger partial charge in [0.25, 0.3) is 5.69 Å². The summed E-state index contributed by atoms with van der Waals surface area (Å²) in [6.07, 6.45) is 2.40. The fraction of sp³-hybridized carbons (Fsp3) is 0.571. The SMILES string of the molecule is CN1CCCC(N(C)Cc2ccc([N+](=O)[O-])c(NN)c2)C1. The van der Waals surface area contributed by atoms with E-state index >= 15 is 0 Å². The predicted octanol–water partition coefficient (Wildman–Crippen LogP) is 1.41. The maximum atomic E-state index is 10.9. The Balaban J connectivity index is 2.06. The summed E-state index contributed by atoms with van der Waals surface area (Å²) >= 11 is 0. The molecule has 7 nitrogen and oxygen atoms in total. The van der Waals surface area contributed by atoms with E-state index in [4.69, 9.17) is 5.84 Å². The highest BCUT2D eigenvalue weighted by molar-refractivity contribution is 5.62. The van der Waals surface area contributed by atoms with Gasteiger partial charge in [-0.05, 0) is 45.1 Å². The summed E-state index contributed by atoms with van der Waals surface area (Å²) in [6.45, 7) is 2.97. The summed E-state index contributed by atoms with van der Waals surface area (Å²) < 4.78 is 0. The average Bonchev–Trinajstić information content (AvgIpc) is 2.46. The maximum absolute atomic E-state index is 10.9. The normalized spacial score (nSPS) is 19.7. The molecule has 0 aliphatic carbocycles. The van der Waals surface area contributed by atoms with Crippen LogP contribution in [0.4, 0.5) is 11.4 Å². The number of nitrogens with one attached hydrogen (secondary N) is 1. The Morgan fingerprint density at radius 2 is 2.33 bits per heavy atom. The molecule has 2 rings (SSSR count). The van der Waals surface area contributed by atoms with Crippen LogP contribution in [0.1, 0.15) is 18.4 Å². The maximum Gasteiger partial charge on any atom is 0.293 e. The molecule has 7 heteroatoms. The van der Waals surface area contributed by atoms with Crippen LogP contribution in [0.2, 0.25) is 0 Å². The summed E-state index contributed by atoms with van der Waals surface area (Å²) in [5, 5.41) is 10.9. The monoisotopic (exact) mass is 293 g/mol. The molecule has 0 spiro atoms. The molecule has 0 aromatic heterocycles. The van der Waals surface area contributed by atoms with Gasteiger partial charge in [-0.2, -0.15) is 0 Å². The Labute approximate surface area is 124 Å². The van der Waals surface area contributed by atoms with Crippen LogP contribution in [-0.4, -0.2) is 47.9 Å². The molecule has 1 aromatic carbocycles. The van der Waals surface area contributed by atoms with Gasteiger partial charge in [0.1, 0.15) is 5.69 Å². The van der Waals surface area contributed by atoms with Gasteiger partial charge in [0.15, 0.2) is 0 Å². The Hall–Kier alpha value is -1.70. The van der Waals surface area contributed by atoms with Gasteiger partial charge in [-0.15, -0.1) is 0 Å². The van der Waals surface area contributed by atoms with Crippen LogP contribution in [0.5, 0.6) is 0 Å². The van der Waals surface area contributed by atoms with E-state index in [-0.39, 0.29) is 5.69 Å². The van der Waals surface area contributed by atoms with Crippen molar-refractivity contribution >= 4 is 11.4 Å². The van der Waals surface area contributed by atoms with E-state index in [2.05, 4.69) is 29.3 Å². The highest BCUT2D eigenvalue weighted by atomic mass is 16.6. The standard InChI is InChI=1S/C14H23N5O2/c1-17-7-3-4-12(10-17)18(2)9-11-5-6-14(19(20)21)13(8-11)16-15/h5-6,8,12,16H,3-4,7,9-10,15H2,1-2H3. The van der Waals surface area contributed by atoms with E-state index in [0.717, 1.165) is 25.2 Å².